The molecule has 2 heterocycles. The van der Waals surface area contributed by atoms with Crippen molar-refractivity contribution < 1.29 is 0 Å². The van der Waals surface area contributed by atoms with Crippen molar-refractivity contribution in [2.24, 2.45) is 0 Å². The van der Waals surface area contributed by atoms with Crippen molar-refractivity contribution in [2.75, 3.05) is 24.5 Å². The zero-order valence-electron chi connectivity index (χ0n) is 11.5. The number of anilines is 1. The molecule has 1 aliphatic heterocycles. The minimum atomic E-state index is 0.944. The summed E-state index contributed by atoms with van der Waals surface area (Å²) < 4.78 is 0. The number of rotatable bonds is 4. The molecule has 1 aromatic rings. The Hall–Kier alpha value is -1.09. The number of nitrogens with one attached hydrogen (secondary N) is 1. The van der Waals surface area contributed by atoms with Crippen molar-refractivity contribution in [1.29, 1.82) is 0 Å². The van der Waals surface area contributed by atoms with Gasteiger partial charge >= 0.3 is 0 Å². The first-order valence-corrected chi connectivity index (χ1v) is 7.30. The van der Waals surface area contributed by atoms with Gasteiger partial charge in [0.1, 0.15) is 5.82 Å². The molecule has 100 valence electrons. The van der Waals surface area contributed by atoms with Crippen LogP contribution < -0.4 is 10.2 Å². The van der Waals surface area contributed by atoms with Gasteiger partial charge in [-0.3, -0.25) is 0 Å². The summed E-state index contributed by atoms with van der Waals surface area (Å²) in [4.78, 5) is 6.99. The second-order valence-electron chi connectivity index (χ2n) is 5.06. The Labute approximate surface area is 111 Å². The number of nitrogens with zero attached hydrogens (tertiary/aromatic N) is 2. The highest BCUT2D eigenvalue weighted by atomic mass is 15.2. The lowest BCUT2D eigenvalue weighted by molar-refractivity contribution is 0.553. The SMILES string of the molecule is CCNCc1ccnc(N2CCCCCCC2)c1. The van der Waals surface area contributed by atoms with Gasteiger partial charge in [0.2, 0.25) is 0 Å². The van der Waals surface area contributed by atoms with Crippen LogP contribution in [-0.4, -0.2) is 24.6 Å². The highest BCUT2D eigenvalue weighted by Crippen LogP contribution is 2.18. The molecule has 2 rings (SSSR count). The molecule has 3 nitrogen and oxygen atoms in total. The average molecular weight is 247 g/mol. The van der Waals surface area contributed by atoms with Gasteiger partial charge in [-0.1, -0.05) is 26.2 Å². The molecule has 0 aliphatic carbocycles. The lowest BCUT2D eigenvalue weighted by Gasteiger charge is -2.26. The lowest BCUT2D eigenvalue weighted by Crippen LogP contribution is -2.28. The summed E-state index contributed by atoms with van der Waals surface area (Å²) in [6.45, 7) is 6.43. The predicted octanol–water partition coefficient (Wildman–Crippen LogP) is 2.96. The number of hydrogen-bond donors (Lipinski definition) is 1. The fourth-order valence-electron chi connectivity index (χ4n) is 2.49. The van der Waals surface area contributed by atoms with Gasteiger partial charge in [-0.15, -0.1) is 0 Å². The van der Waals surface area contributed by atoms with Gasteiger partial charge in [-0.25, -0.2) is 4.98 Å². The smallest absolute Gasteiger partial charge is 0.128 e. The second kappa shape index (κ2) is 7.37. The summed E-state index contributed by atoms with van der Waals surface area (Å²) in [5.41, 5.74) is 1.34. The summed E-state index contributed by atoms with van der Waals surface area (Å²) >= 11 is 0. The minimum absolute atomic E-state index is 0.944. The zero-order chi connectivity index (χ0) is 12.6. The van der Waals surface area contributed by atoms with Crippen molar-refractivity contribution in [3.63, 3.8) is 0 Å². The summed E-state index contributed by atoms with van der Waals surface area (Å²) in [5.74, 6) is 1.16. The first-order chi connectivity index (χ1) is 8.90. The summed E-state index contributed by atoms with van der Waals surface area (Å²) in [5, 5.41) is 3.37. The second-order valence-corrected chi connectivity index (χ2v) is 5.06. The number of pyridine rings is 1. The zero-order valence-corrected chi connectivity index (χ0v) is 11.5. The Morgan fingerprint density at radius 2 is 1.89 bits per heavy atom. The van der Waals surface area contributed by atoms with E-state index in [-0.39, 0.29) is 0 Å². The molecular formula is C15H25N3. The minimum Gasteiger partial charge on any atom is -0.357 e. The molecule has 0 atom stereocenters. The van der Waals surface area contributed by atoms with Gasteiger partial charge in [-0.05, 0) is 37.1 Å². The topological polar surface area (TPSA) is 28.2 Å². The van der Waals surface area contributed by atoms with Crippen LogP contribution in [0.5, 0.6) is 0 Å². The normalized spacial score (nSPS) is 17.3. The van der Waals surface area contributed by atoms with E-state index in [1.54, 1.807) is 0 Å². The molecule has 1 saturated heterocycles. The van der Waals surface area contributed by atoms with Crippen LogP contribution in [0, 0.1) is 0 Å². The van der Waals surface area contributed by atoms with Crippen molar-refractivity contribution in [1.82, 2.24) is 10.3 Å². The third-order valence-corrected chi connectivity index (χ3v) is 3.57. The first-order valence-electron chi connectivity index (χ1n) is 7.30. The third-order valence-electron chi connectivity index (χ3n) is 3.57. The van der Waals surface area contributed by atoms with Crippen molar-refractivity contribution in [3.05, 3.63) is 23.9 Å². The molecule has 0 radical (unpaired) electrons. The molecule has 0 amide bonds. The third kappa shape index (κ3) is 3.98. The monoisotopic (exact) mass is 247 g/mol. The molecule has 0 spiro atoms. The molecule has 0 aromatic carbocycles. The standard InChI is InChI=1S/C15H25N3/c1-2-16-13-14-8-9-17-15(12-14)18-10-6-4-3-5-7-11-18/h8-9,12,16H,2-7,10-11,13H2,1H3. The largest absolute Gasteiger partial charge is 0.357 e. The van der Waals surface area contributed by atoms with E-state index >= 15 is 0 Å². The van der Waals surface area contributed by atoms with Gasteiger partial charge in [0.25, 0.3) is 0 Å². The van der Waals surface area contributed by atoms with E-state index < -0.39 is 0 Å². The fourth-order valence-corrected chi connectivity index (χ4v) is 2.49. The van der Waals surface area contributed by atoms with Crippen LogP contribution in [0.1, 0.15) is 44.6 Å². The van der Waals surface area contributed by atoms with Crippen LogP contribution in [0.2, 0.25) is 0 Å². The van der Waals surface area contributed by atoms with E-state index in [2.05, 4.69) is 34.3 Å². The van der Waals surface area contributed by atoms with E-state index in [9.17, 15) is 0 Å². The van der Waals surface area contributed by atoms with Gasteiger partial charge in [0.05, 0.1) is 0 Å². The maximum Gasteiger partial charge on any atom is 0.128 e. The van der Waals surface area contributed by atoms with E-state index in [1.165, 1.54) is 37.7 Å². The van der Waals surface area contributed by atoms with Gasteiger partial charge in [-0.2, -0.15) is 0 Å². The van der Waals surface area contributed by atoms with Crippen LogP contribution in [0.15, 0.2) is 18.3 Å². The average Bonchev–Trinajstić information content (AvgIpc) is 2.36. The van der Waals surface area contributed by atoms with Crippen LogP contribution >= 0.6 is 0 Å². The van der Waals surface area contributed by atoms with Crippen molar-refractivity contribution in [2.45, 2.75) is 45.6 Å². The Kier molecular flexibility index (Phi) is 5.46. The summed E-state index contributed by atoms with van der Waals surface area (Å²) in [6.07, 6.45) is 8.70. The van der Waals surface area contributed by atoms with Gasteiger partial charge in [0, 0.05) is 25.8 Å². The Balaban J connectivity index is 2.01. The van der Waals surface area contributed by atoms with Gasteiger partial charge in [0.15, 0.2) is 0 Å². The Morgan fingerprint density at radius 1 is 1.17 bits per heavy atom. The quantitative estimate of drug-likeness (QED) is 0.886. The molecule has 18 heavy (non-hydrogen) atoms. The molecule has 1 fully saturated rings. The Bertz CT molecular complexity index is 343. The highest BCUT2D eigenvalue weighted by molar-refractivity contribution is 5.41. The molecule has 1 aromatic heterocycles. The van der Waals surface area contributed by atoms with Crippen molar-refractivity contribution >= 4 is 5.82 Å². The van der Waals surface area contributed by atoms with Crippen LogP contribution in [-0.2, 0) is 6.54 Å². The van der Waals surface area contributed by atoms with E-state index in [4.69, 9.17) is 0 Å². The molecular weight excluding hydrogens is 222 g/mol. The number of aromatic nitrogens is 1. The lowest BCUT2D eigenvalue weighted by atomic mass is 10.1. The predicted molar refractivity (Wildman–Crippen MR) is 76.9 cm³/mol. The molecule has 0 unspecified atom stereocenters. The maximum atomic E-state index is 4.54. The maximum absolute atomic E-state index is 4.54. The first kappa shape index (κ1) is 13.3. The summed E-state index contributed by atoms with van der Waals surface area (Å²) in [6, 6.07) is 4.35. The van der Waals surface area contributed by atoms with Crippen LogP contribution in [0.4, 0.5) is 5.82 Å². The molecule has 0 bridgehead atoms. The molecule has 1 aliphatic rings. The Morgan fingerprint density at radius 3 is 2.61 bits per heavy atom. The van der Waals surface area contributed by atoms with Crippen LogP contribution in [0.3, 0.4) is 0 Å². The van der Waals surface area contributed by atoms with E-state index in [0.717, 1.165) is 32.0 Å². The fraction of sp³-hybridized carbons (Fsp3) is 0.667. The molecule has 1 N–H and O–H groups in total. The summed E-state index contributed by atoms with van der Waals surface area (Å²) in [7, 11) is 0. The van der Waals surface area contributed by atoms with E-state index in [0.29, 0.717) is 0 Å². The van der Waals surface area contributed by atoms with Crippen molar-refractivity contribution in [3.8, 4) is 0 Å². The molecule has 0 saturated carbocycles. The van der Waals surface area contributed by atoms with Crippen LogP contribution in [0.25, 0.3) is 0 Å². The van der Waals surface area contributed by atoms with E-state index in [1.807, 2.05) is 6.20 Å². The number of hydrogen-bond acceptors (Lipinski definition) is 3. The highest BCUT2D eigenvalue weighted by Gasteiger charge is 2.10. The molecule has 3 heteroatoms. The van der Waals surface area contributed by atoms with Gasteiger partial charge < -0.3 is 10.2 Å².